The van der Waals surface area contributed by atoms with E-state index in [9.17, 15) is 9.59 Å². The van der Waals surface area contributed by atoms with Gasteiger partial charge in [-0.05, 0) is 49.1 Å². The fourth-order valence-electron chi connectivity index (χ4n) is 2.32. The maximum atomic E-state index is 12.0. The van der Waals surface area contributed by atoms with Gasteiger partial charge < -0.3 is 15.2 Å². The van der Waals surface area contributed by atoms with Gasteiger partial charge >= 0.3 is 5.97 Å². The van der Waals surface area contributed by atoms with Gasteiger partial charge in [0, 0.05) is 12.1 Å². The van der Waals surface area contributed by atoms with Gasteiger partial charge in [0.1, 0.15) is 5.75 Å². The highest BCUT2D eigenvalue weighted by atomic mass is 16.5. The van der Waals surface area contributed by atoms with E-state index in [1.54, 1.807) is 18.2 Å². The van der Waals surface area contributed by atoms with Crippen molar-refractivity contribution in [2.75, 3.05) is 11.9 Å². The highest BCUT2D eigenvalue weighted by molar-refractivity contribution is 5.91. The lowest BCUT2D eigenvalue weighted by atomic mass is 10.1. The molecule has 2 rings (SSSR count). The molecule has 1 amide bonds. The summed E-state index contributed by atoms with van der Waals surface area (Å²) in [5.74, 6) is -0.589. The molecular weight excluding hydrogens is 306 g/mol. The Morgan fingerprint density at radius 2 is 1.88 bits per heavy atom. The molecule has 0 spiro atoms. The number of rotatable bonds is 8. The van der Waals surface area contributed by atoms with Crippen molar-refractivity contribution in [3.8, 4) is 5.75 Å². The number of carboxylic acid groups (broad SMARTS) is 1. The number of benzene rings is 2. The van der Waals surface area contributed by atoms with Crippen LogP contribution in [0.25, 0.3) is 0 Å². The van der Waals surface area contributed by atoms with E-state index in [-0.39, 0.29) is 12.5 Å². The number of aliphatic carboxylic acids is 1. The lowest BCUT2D eigenvalue weighted by molar-refractivity contribution is -0.139. The van der Waals surface area contributed by atoms with E-state index in [1.165, 1.54) is 5.56 Å². The van der Waals surface area contributed by atoms with Crippen LogP contribution >= 0.6 is 0 Å². The Hall–Kier alpha value is -2.82. The highest BCUT2D eigenvalue weighted by Crippen LogP contribution is 2.21. The van der Waals surface area contributed by atoms with Crippen LogP contribution in [0.3, 0.4) is 0 Å². The molecule has 0 fully saturated rings. The van der Waals surface area contributed by atoms with Crippen molar-refractivity contribution in [2.45, 2.75) is 26.2 Å². The van der Waals surface area contributed by atoms with Gasteiger partial charge in [-0.3, -0.25) is 4.79 Å². The van der Waals surface area contributed by atoms with Crippen molar-refractivity contribution in [3.63, 3.8) is 0 Å². The number of ether oxygens (including phenoxy) is 1. The van der Waals surface area contributed by atoms with Gasteiger partial charge in [0.05, 0.1) is 0 Å². The summed E-state index contributed by atoms with van der Waals surface area (Å²) in [5, 5.41) is 11.5. The first-order chi connectivity index (χ1) is 11.5. The number of nitrogens with one attached hydrogen (secondary N) is 1. The minimum absolute atomic E-state index is 0.0340. The molecule has 126 valence electrons. The summed E-state index contributed by atoms with van der Waals surface area (Å²) < 4.78 is 5.11. The summed E-state index contributed by atoms with van der Waals surface area (Å²) in [7, 11) is 0. The number of carbonyl (C=O) groups is 2. The zero-order valence-electron chi connectivity index (χ0n) is 13.6. The fourth-order valence-corrected chi connectivity index (χ4v) is 2.32. The van der Waals surface area contributed by atoms with Gasteiger partial charge in [0.25, 0.3) is 0 Å². The molecule has 24 heavy (non-hydrogen) atoms. The van der Waals surface area contributed by atoms with E-state index in [2.05, 4.69) is 17.4 Å². The van der Waals surface area contributed by atoms with E-state index in [0.29, 0.717) is 17.9 Å². The van der Waals surface area contributed by atoms with Gasteiger partial charge in [-0.15, -0.1) is 0 Å². The molecule has 0 aliphatic carbocycles. The van der Waals surface area contributed by atoms with Gasteiger partial charge in [-0.2, -0.15) is 0 Å². The Balaban J connectivity index is 1.81. The molecule has 0 aliphatic rings. The number of anilines is 1. The fraction of sp³-hybridized carbons (Fsp3) is 0.263. The molecule has 0 aliphatic heterocycles. The van der Waals surface area contributed by atoms with Crippen LogP contribution in [-0.2, 0) is 16.0 Å². The monoisotopic (exact) mass is 327 g/mol. The molecule has 2 aromatic carbocycles. The second-order valence-electron chi connectivity index (χ2n) is 5.55. The van der Waals surface area contributed by atoms with Crippen LogP contribution in [0.1, 0.15) is 24.0 Å². The molecule has 0 unspecified atom stereocenters. The summed E-state index contributed by atoms with van der Waals surface area (Å²) in [6.45, 7) is 1.46. The van der Waals surface area contributed by atoms with Gasteiger partial charge in [-0.1, -0.05) is 30.3 Å². The number of hydrogen-bond acceptors (Lipinski definition) is 3. The third-order valence-electron chi connectivity index (χ3n) is 3.55. The molecule has 2 N–H and O–H groups in total. The van der Waals surface area contributed by atoms with Crippen LogP contribution in [0.4, 0.5) is 5.69 Å². The first-order valence-corrected chi connectivity index (χ1v) is 7.83. The minimum atomic E-state index is -1.02. The van der Waals surface area contributed by atoms with E-state index >= 15 is 0 Å². The molecule has 0 bridgehead atoms. The number of aryl methyl sites for hydroxylation is 2. The average Bonchev–Trinajstić information content (AvgIpc) is 2.56. The molecule has 2 aromatic rings. The van der Waals surface area contributed by atoms with E-state index in [1.807, 2.05) is 25.1 Å². The van der Waals surface area contributed by atoms with Crippen molar-refractivity contribution in [1.82, 2.24) is 0 Å². The van der Waals surface area contributed by atoms with Crippen LogP contribution in [0.5, 0.6) is 5.75 Å². The zero-order chi connectivity index (χ0) is 17.4. The molecule has 0 saturated heterocycles. The van der Waals surface area contributed by atoms with Crippen LogP contribution < -0.4 is 10.1 Å². The molecule has 0 radical (unpaired) electrons. The Bertz CT molecular complexity index is 698. The molecule has 0 atom stereocenters. The van der Waals surface area contributed by atoms with E-state index in [4.69, 9.17) is 9.84 Å². The largest absolute Gasteiger partial charge is 0.482 e. The summed E-state index contributed by atoms with van der Waals surface area (Å²) in [6.07, 6.45) is 2.11. The molecule has 0 saturated carbocycles. The smallest absolute Gasteiger partial charge is 0.341 e. The van der Waals surface area contributed by atoms with Crippen LogP contribution in [0.2, 0.25) is 0 Å². The second kappa shape index (κ2) is 8.72. The third-order valence-corrected chi connectivity index (χ3v) is 3.55. The lowest BCUT2D eigenvalue weighted by Crippen LogP contribution is -2.13. The SMILES string of the molecule is Cc1cc(OCC(=O)O)ccc1NC(=O)CCCc1ccccc1. The van der Waals surface area contributed by atoms with Crippen molar-refractivity contribution < 1.29 is 19.4 Å². The minimum Gasteiger partial charge on any atom is -0.482 e. The van der Waals surface area contributed by atoms with E-state index < -0.39 is 5.97 Å². The maximum Gasteiger partial charge on any atom is 0.341 e. The molecule has 5 nitrogen and oxygen atoms in total. The lowest BCUT2D eigenvalue weighted by Gasteiger charge is -2.10. The highest BCUT2D eigenvalue weighted by Gasteiger charge is 2.07. The Morgan fingerprint density at radius 1 is 1.12 bits per heavy atom. The molecule has 5 heteroatoms. The summed E-state index contributed by atoms with van der Waals surface area (Å²) in [4.78, 5) is 22.5. The zero-order valence-corrected chi connectivity index (χ0v) is 13.6. The first-order valence-electron chi connectivity index (χ1n) is 7.83. The predicted octanol–water partition coefficient (Wildman–Crippen LogP) is 3.42. The van der Waals surface area contributed by atoms with E-state index in [0.717, 1.165) is 18.4 Å². The standard InChI is InChI=1S/C19H21NO4/c1-14-12-16(24-13-19(22)23)10-11-17(14)20-18(21)9-5-8-15-6-3-2-4-7-15/h2-4,6-7,10-12H,5,8-9,13H2,1H3,(H,20,21)(H,22,23). The number of hydrogen-bond donors (Lipinski definition) is 2. The summed E-state index contributed by atoms with van der Waals surface area (Å²) in [6, 6.07) is 15.2. The number of carbonyl (C=O) groups excluding carboxylic acids is 1. The van der Waals surface area contributed by atoms with Gasteiger partial charge in [-0.25, -0.2) is 4.79 Å². The van der Waals surface area contributed by atoms with Crippen LogP contribution in [-0.4, -0.2) is 23.6 Å². The Kier molecular flexibility index (Phi) is 6.37. The van der Waals surface area contributed by atoms with Crippen molar-refractivity contribution in [2.24, 2.45) is 0 Å². The molecule has 0 aromatic heterocycles. The average molecular weight is 327 g/mol. The maximum absolute atomic E-state index is 12.0. The third kappa shape index (κ3) is 5.76. The number of amides is 1. The summed E-state index contributed by atoms with van der Waals surface area (Å²) >= 11 is 0. The van der Waals surface area contributed by atoms with Gasteiger partial charge in [0.2, 0.25) is 5.91 Å². The number of carboxylic acids is 1. The van der Waals surface area contributed by atoms with Crippen molar-refractivity contribution >= 4 is 17.6 Å². The predicted molar refractivity (Wildman–Crippen MR) is 92.3 cm³/mol. The Morgan fingerprint density at radius 3 is 2.54 bits per heavy atom. The Labute approximate surface area is 141 Å². The first kappa shape index (κ1) is 17.5. The van der Waals surface area contributed by atoms with Crippen LogP contribution in [0, 0.1) is 6.92 Å². The van der Waals surface area contributed by atoms with Crippen molar-refractivity contribution in [3.05, 3.63) is 59.7 Å². The summed E-state index contributed by atoms with van der Waals surface area (Å²) in [5.41, 5.74) is 2.76. The normalized spacial score (nSPS) is 10.2. The molecule has 0 heterocycles. The van der Waals surface area contributed by atoms with Crippen LogP contribution in [0.15, 0.2) is 48.5 Å². The van der Waals surface area contributed by atoms with Crippen molar-refractivity contribution in [1.29, 1.82) is 0 Å². The quantitative estimate of drug-likeness (QED) is 0.779. The van der Waals surface area contributed by atoms with Gasteiger partial charge in [0.15, 0.2) is 6.61 Å². The second-order valence-corrected chi connectivity index (χ2v) is 5.55. The topological polar surface area (TPSA) is 75.6 Å². The molecular formula is C19H21NO4.